The average molecular weight is 219 g/mol. The third-order valence-electron chi connectivity index (χ3n) is 1.74. The molecule has 0 radical (unpaired) electrons. The molecule has 2 atom stereocenters. The Kier molecular flexibility index (Phi) is 3.43. The first kappa shape index (κ1) is 10.9. The van der Waals surface area contributed by atoms with Crippen molar-refractivity contribution in [2.75, 3.05) is 0 Å². The molecule has 0 spiro atoms. The van der Waals surface area contributed by atoms with Crippen molar-refractivity contribution in [3.8, 4) is 0 Å². The molecule has 0 fully saturated rings. The first-order chi connectivity index (χ1) is 6.54. The van der Waals surface area contributed by atoms with Gasteiger partial charge in [0, 0.05) is 10.6 Å². The summed E-state index contributed by atoms with van der Waals surface area (Å²) in [6.45, 7) is 0. The smallest absolute Gasteiger partial charge is 0.341 e. The highest BCUT2D eigenvalue weighted by molar-refractivity contribution is 6.31. The van der Waals surface area contributed by atoms with Gasteiger partial charge in [0.2, 0.25) is 6.17 Å². The molecule has 0 aromatic heterocycles. The Bertz CT molecular complexity index is 343. The van der Waals surface area contributed by atoms with Gasteiger partial charge in [0.15, 0.2) is 0 Å². The summed E-state index contributed by atoms with van der Waals surface area (Å²) in [7, 11) is 0. The van der Waals surface area contributed by atoms with E-state index in [1.165, 1.54) is 12.1 Å². The summed E-state index contributed by atoms with van der Waals surface area (Å²) in [6.07, 6.45) is -4.10. The maximum atomic E-state index is 12.9. The van der Waals surface area contributed by atoms with Gasteiger partial charge in [0.25, 0.3) is 0 Å². The molecule has 2 N–H and O–H groups in total. The lowest BCUT2D eigenvalue weighted by Crippen LogP contribution is -2.23. The number of rotatable bonds is 3. The molecule has 0 amide bonds. The molecule has 0 saturated carbocycles. The zero-order valence-electron chi connectivity index (χ0n) is 7.02. The predicted octanol–water partition coefficient (Wildman–Crippen LogP) is 1.80. The SMILES string of the molecule is O=C(O)C(F)C(O)c1ccccc1Cl. The van der Waals surface area contributed by atoms with Crippen LogP contribution in [0, 0.1) is 0 Å². The minimum absolute atomic E-state index is 0.0732. The summed E-state index contributed by atoms with van der Waals surface area (Å²) < 4.78 is 12.9. The summed E-state index contributed by atoms with van der Waals surface area (Å²) in [6, 6.07) is 5.97. The van der Waals surface area contributed by atoms with Crippen LogP contribution in [0.1, 0.15) is 11.7 Å². The third kappa shape index (κ3) is 2.21. The van der Waals surface area contributed by atoms with Gasteiger partial charge < -0.3 is 10.2 Å². The molecule has 0 aliphatic rings. The quantitative estimate of drug-likeness (QED) is 0.813. The Morgan fingerprint density at radius 2 is 2.00 bits per heavy atom. The molecule has 0 bridgehead atoms. The molecule has 76 valence electrons. The summed E-state index contributed by atoms with van der Waals surface area (Å²) in [5.74, 6) is -1.71. The van der Waals surface area contributed by atoms with Gasteiger partial charge in [-0.2, -0.15) is 0 Å². The second-order valence-corrected chi connectivity index (χ2v) is 3.11. The second kappa shape index (κ2) is 4.39. The molecule has 1 aromatic carbocycles. The van der Waals surface area contributed by atoms with Crippen LogP contribution in [0.25, 0.3) is 0 Å². The van der Waals surface area contributed by atoms with Gasteiger partial charge in [-0.3, -0.25) is 0 Å². The molecule has 0 aliphatic carbocycles. The molecule has 1 aromatic rings. The molecule has 0 aliphatic heterocycles. The highest BCUT2D eigenvalue weighted by atomic mass is 35.5. The topological polar surface area (TPSA) is 57.5 Å². The van der Waals surface area contributed by atoms with Gasteiger partial charge in [-0.1, -0.05) is 29.8 Å². The van der Waals surface area contributed by atoms with Crippen molar-refractivity contribution in [1.29, 1.82) is 0 Å². The van der Waals surface area contributed by atoms with Crippen LogP contribution in [-0.2, 0) is 4.79 Å². The zero-order chi connectivity index (χ0) is 10.7. The molecule has 1 rings (SSSR count). The van der Waals surface area contributed by atoms with Crippen molar-refractivity contribution in [2.24, 2.45) is 0 Å². The first-order valence-corrected chi connectivity index (χ1v) is 4.21. The number of aliphatic carboxylic acids is 1. The van der Waals surface area contributed by atoms with E-state index in [-0.39, 0.29) is 10.6 Å². The summed E-state index contributed by atoms with van der Waals surface area (Å²) in [5.41, 5.74) is 0.0732. The van der Waals surface area contributed by atoms with Crippen molar-refractivity contribution in [1.82, 2.24) is 0 Å². The van der Waals surface area contributed by atoms with Crippen molar-refractivity contribution in [3.05, 3.63) is 34.9 Å². The van der Waals surface area contributed by atoms with Crippen LogP contribution >= 0.6 is 11.6 Å². The Labute approximate surface area is 84.7 Å². The molecule has 14 heavy (non-hydrogen) atoms. The molecule has 0 saturated heterocycles. The Balaban J connectivity index is 2.94. The number of carboxylic acid groups (broad SMARTS) is 1. The van der Waals surface area contributed by atoms with E-state index in [0.717, 1.165) is 0 Å². The van der Waals surface area contributed by atoms with Gasteiger partial charge in [0.05, 0.1) is 0 Å². The van der Waals surface area contributed by atoms with Crippen LogP contribution in [0.15, 0.2) is 24.3 Å². The molecular formula is C9H8ClFO3. The van der Waals surface area contributed by atoms with Crippen molar-refractivity contribution < 1.29 is 19.4 Å². The highest BCUT2D eigenvalue weighted by Crippen LogP contribution is 2.26. The summed E-state index contributed by atoms with van der Waals surface area (Å²) in [5, 5.41) is 17.8. The van der Waals surface area contributed by atoms with E-state index in [1.807, 2.05) is 0 Å². The Morgan fingerprint density at radius 3 is 2.50 bits per heavy atom. The lowest BCUT2D eigenvalue weighted by molar-refractivity contribution is -0.147. The molecule has 0 heterocycles. The van der Waals surface area contributed by atoms with Crippen molar-refractivity contribution in [2.45, 2.75) is 12.3 Å². The number of hydrogen-bond acceptors (Lipinski definition) is 2. The minimum atomic E-state index is -2.37. The largest absolute Gasteiger partial charge is 0.479 e. The molecule has 5 heteroatoms. The van der Waals surface area contributed by atoms with E-state index in [1.54, 1.807) is 12.1 Å². The van der Waals surface area contributed by atoms with Crippen LogP contribution < -0.4 is 0 Å². The first-order valence-electron chi connectivity index (χ1n) is 3.83. The zero-order valence-corrected chi connectivity index (χ0v) is 7.78. The van der Waals surface area contributed by atoms with Crippen LogP contribution in [0.2, 0.25) is 5.02 Å². The molecule has 3 nitrogen and oxygen atoms in total. The van der Waals surface area contributed by atoms with E-state index in [4.69, 9.17) is 16.7 Å². The van der Waals surface area contributed by atoms with Gasteiger partial charge >= 0.3 is 5.97 Å². The van der Waals surface area contributed by atoms with E-state index in [9.17, 15) is 14.3 Å². The number of benzene rings is 1. The lowest BCUT2D eigenvalue weighted by atomic mass is 10.1. The predicted molar refractivity (Wildman–Crippen MR) is 48.9 cm³/mol. The van der Waals surface area contributed by atoms with Crippen LogP contribution in [0.4, 0.5) is 4.39 Å². The standard InChI is InChI=1S/C9H8ClFO3/c10-6-4-2-1-3-5(6)8(12)7(11)9(13)14/h1-4,7-8,12H,(H,13,14). The second-order valence-electron chi connectivity index (χ2n) is 2.71. The summed E-state index contributed by atoms with van der Waals surface area (Å²) >= 11 is 5.65. The van der Waals surface area contributed by atoms with Gasteiger partial charge in [0.1, 0.15) is 6.10 Å². The van der Waals surface area contributed by atoms with E-state index in [2.05, 4.69) is 0 Å². The number of carbonyl (C=O) groups is 1. The normalized spacial score (nSPS) is 14.8. The molecule has 2 unspecified atom stereocenters. The van der Waals surface area contributed by atoms with Crippen LogP contribution in [-0.4, -0.2) is 22.4 Å². The number of aliphatic hydroxyl groups excluding tert-OH is 1. The number of alkyl halides is 1. The van der Waals surface area contributed by atoms with Gasteiger partial charge in [-0.25, -0.2) is 9.18 Å². The molecular weight excluding hydrogens is 211 g/mol. The van der Waals surface area contributed by atoms with Crippen LogP contribution in [0.3, 0.4) is 0 Å². The number of hydrogen-bond donors (Lipinski definition) is 2. The minimum Gasteiger partial charge on any atom is -0.479 e. The third-order valence-corrected chi connectivity index (χ3v) is 2.08. The van der Waals surface area contributed by atoms with Gasteiger partial charge in [-0.15, -0.1) is 0 Å². The lowest BCUT2D eigenvalue weighted by Gasteiger charge is -2.13. The monoisotopic (exact) mass is 218 g/mol. The van der Waals surface area contributed by atoms with E-state index < -0.39 is 18.2 Å². The number of halogens is 2. The van der Waals surface area contributed by atoms with Crippen molar-refractivity contribution in [3.63, 3.8) is 0 Å². The fourth-order valence-electron chi connectivity index (χ4n) is 1.01. The fourth-order valence-corrected chi connectivity index (χ4v) is 1.26. The maximum absolute atomic E-state index is 12.9. The van der Waals surface area contributed by atoms with E-state index in [0.29, 0.717) is 0 Å². The number of carboxylic acids is 1. The van der Waals surface area contributed by atoms with Crippen LogP contribution in [0.5, 0.6) is 0 Å². The number of aliphatic hydroxyl groups is 1. The maximum Gasteiger partial charge on any atom is 0.341 e. The van der Waals surface area contributed by atoms with Gasteiger partial charge in [-0.05, 0) is 6.07 Å². The fraction of sp³-hybridized carbons (Fsp3) is 0.222. The van der Waals surface area contributed by atoms with E-state index >= 15 is 0 Å². The van der Waals surface area contributed by atoms with Crippen molar-refractivity contribution >= 4 is 17.6 Å². The average Bonchev–Trinajstić information content (AvgIpc) is 2.16. The Hall–Kier alpha value is -1.13. The highest BCUT2D eigenvalue weighted by Gasteiger charge is 2.28. The Morgan fingerprint density at radius 1 is 1.43 bits per heavy atom. The summed E-state index contributed by atoms with van der Waals surface area (Å²) in [4.78, 5) is 10.2.